The van der Waals surface area contributed by atoms with Crippen molar-refractivity contribution in [3.05, 3.63) is 95.1 Å². The first-order valence-electron chi connectivity index (χ1n) is 8.93. The van der Waals surface area contributed by atoms with Crippen LogP contribution >= 0.6 is 0 Å². The van der Waals surface area contributed by atoms with Gasteiger partial charge < -0.3 is 15.2 Å². The highest BCUT2D eigenvalue weighted by molar-refractivity contribution is 5.46. The third-order valence-electron chi connectivity index (χ3n) is 4.25. The van der Waals surface area contributed by atoms with E-state index in [4.69, 9.17) is 15.2 Å². The smallest absolute Gasteiger partial charge is 0.123 e. The molecule has 3 nitrogen and oxygen atoms in total. The molecule has 0 aliphatic rings. The molecule has 0 amide bonds. The van der Waals surface area contributed by atoms with E-state index in [9.17, 15) is 0 Å². The molecule has 0 heterocycles. The summed E-state index contributed by atoms with van der Waals surface area (Å²) in [7, 11) is 0. The van der Waals surface area contributed by atoms with Gasteiger partial charge in [0.1, 0.15) is 24.7 Å². The molecule has 0 fully saturated rings. The van der Waals surface area contributed by atoms with Gasteiger partial charge >= 0.3 is 0 Å². The molecule has 0 saturated carbocycles. The Morgan fingerprint density at radius 2 is 1.27 bits per heavy atom. The zero-order chi connectivity index (χ0) is 18.2. The van der Waals surface area contributed by atoms with Crippen molar-refractivity contribution >= 4 is 0 Å². The molecule has 0 aromatic heterocycles. The summed E-state index contributed by atoms with van der Waals surface area (Å²) in [5.41, 5.74) is 10.2. The molecule has 0 radical (unpaired) electrons. The van der Waals surface area contributed by atoms with E-state index in [0.29, 0.717) is 19.8 Å². The van der Waals surface area contributed by atoms with E-state index in [1.165, 1.54) is 0 Å². The van der Waals surface area contributed by atoms with Gasteiger partial charge in [-0.1, -0.05) is 60.7 Å². The molecule has 0 atom stereocenters. The lowest BCUT2D eigenvalue weighted by Crippen LogP contribution is -2.07. The number of nitrogens with two attached hydrogens (primary N) is 1. The second kappa shape index (κ2) is 9.07. The van der Waals surface area contributed by atoms with Crippen LogP contribution in [0.4, 0.5) is 0 Å². The predicted molar refractivity (Wildman–Crippen MR) is 105 cm³/mol. The first-order chi connectivity index (χ1) is 12.8. The van der Waals surface area contributed by atoms with E-state index >= 15 is 0 Å². The van der Waals surface area contributed by atoms with Gasteiger partial charge in [0.05, 0.1) is 0 Å². The first-order valence-corrected chi connectivity index (χ1v) is 8.93. The third-order valence-corrected chi connectivity index (χ3v) is 4.25. The van der Waals surface area contributed by atoms with Crippen LogP contribution in [0.1, 0.15) is 22.3 Å². The van der Waals surface area contributed by atoms with Crippen molar-refractivity contribution in [3.63, 3.8) is 0 Å². The Kier molecular flexibility index (Phi) is 6.29. The lowest BCUT2D eigenvalue weighted by Gasteiger charge is -2.16. The van der Waals surface area contributed by atoms with Crippen molar-refractivity contribution in [1.29, 1.82) is 0 Å². The minimum atomic E-state index is 0.544. The van der Waals surface area contributed by atoms with Crippen LogP contribution < -0.4 is 15.2 Å². The quantitative estimate of drug-likeness (QED) is 0.645. The van der Waals surface area contributed by atoms with E-state index in [0.717, 1.165) is 40.2 Å². The summed E-state index contributed by atoms with van der Waals surface area (Å²) in [5.74, 6) is 1.76. The molecule has 0 unspecified atom stereocenters. The summed E-state index contributed by atoms with van der Waals surface area (Å²) >= 11 is 0. The molecule has 2 N–H and O–H groups in total. The lowest BCUT2D eigenvalue weighted by atomic mass is 10.1. The Hall–Kier alpha value is -2.78. The van der Waals surface area contributed by atoms with E-state index in [1.807, 2.05) is 49.4 Å². The molecule has 0 aliphatic heterocycles. The molecule has 134 valence electrons. The van der Waals surface area contributed by atoms with Crippen LogP contribution in [0.2, 0.25) is 0 Å². The van der Waals surface area contributed by atoms with E-state index in [2.05, 4.69) is 30.3 Å². The summed E-state index contributed by atoms with van der Waals surface area (Å²) in [5, 5.41) is 0. The van der Waals surface area contributed by atoms with Crippen LogP contribution in [0.15, 0.2) is 72.8 Å². The first kappa shape index (κ1) is 18.0. The summed E-state index contributed by atoms with van der Waals surface area (Å²) < 4.78 is 12.1. The van der Waals surface area contributed by atoms with Gasteiger partial charge in [0.15, 0.2) is 0 Å². The normalized spacial score (nSPS) is 10.5. The van der Waals surface area contributed by atoms with Crippen LogP contribution in [-0.4, -0.2) is 6.54 Å². The zero-order valence-electron chi connectivity index (χ0n) is 15.2. The highest BCUT2D eigenvalue weighted by atomic mass is 16.5. The highest BCUT2D eigenvalue weighted by Gasteiger charge is 2.10. The minimum Gasteiger partial charge on any atom is -0.489 e. The van der Waals surface area contributed by atoms with Crippen molar-refractivity contribution < 1.29 is 9.47 Å². The number of ether oxygens (including phenoxy) is 2. The molecule has 3 aromatic rings. The predicted octanol–water partition coefficient (Wildman–Crippen LogP) is 4.65. The topological polar surface area (TPSA) is 44.5 Å². The fraction of sp³-hybridized carbons (Fsp3) is 0.217. The van der Waals surface area contributed by atoms with Crippen molar-refractivity contribution in [2.75, 3.05) is 6.54 Å². The summed E-state index contributed by atoms with van der Waals surface area (Å²) in [6.07, 6.45) is 0.756. The number of hydrogen-bond donors (Lipinski definition) is 1. The second-order valence-electron chi connectivity index (χ2n) is 6.31. The Morgan fingerprint density at radius 3 is 1.81 bits per heavy atom. The lowest BCUT2D eigenvalue weighted by molar-refractivity contribution is 0.293. The van der Waals surface area contributed by atoms with Gasteiger partial charge in [-0.25, -0.2) is 0 Å². The zero-order valence-corrected chi connectivity index (χ0v) is 15.2. The van der Waals surface area contributed by atoms with Gasteiger partial charge in [0, 0.05) is 0 Å². The van der Waals surface area contributed by atoms with E-state index in [-0.39, 0.29) is 0 Å². The summed E-state index contributed by atoms with van der Waals surface area (Å²) in [6.45, 7) is 3.71. The third kappa shape index (κ3) is 4.87. The van der Waals surface area contributed by atoms with Gasteiger partial charge in [0.25, 0.3) is 0 Å². The number of aryl methyl sites for hydroxylation is 1. The van der Waals surface area contributed by atoms with Gasteiger partial charge in [-0.3, -0.25) is 0 Å². The van der Waals surface area contributed by atoms with Crippen LogP contribution in [-0.2, 0) is 19.6 Å². The molecule has 0 aliphatic carbocycles. The Bertz CT molecular complexity index is 816. The van der Waals surface area contributed by atoms with Crippen LogP contribution in [0.25, 0.3) is 0 Å². The van der Waals surface area contributed by atoms with Crippen molar-refractivity contribution in [2.45, 2.75) is 26.6 Å². The molecule has 3 heteroatoms. The Balaban J connectivity index is 1.74. The van der Waals surface area contributed by atoms with Crippen LogP contribution in [0, 0.1) is 6.92 Å². The molecular formula is C23H25NO2. The number of hydrogen-bond acceptors (Lipinski definition) is 3. The average molecular weight is 347 g/mol. The van der Waals surface area contributed by atoms with Crippen molar-refractivity contribution in [1.82, 2.24) is 0 Å². The number of benzene rings is 3. The van der Waals surface area contributed by atoms with Gasteiger partial charge in [-0.2, -0.15) is 0 Å². The maximum Gasteiger partial charge on any atom is 0.123 e. The molecule has 0 saturated heterocycles. The molecule has 26 heavy (non-hydrogen) atoms. The Labute approximate surface area is 155 Å². The van der Waals surface area contributed by atoms with Gasteiger partial charge in [0.2, 0.25) is 0 Å². The van der Waals surface area contributed by atoms with Crippen LogP contribution in [0.5, 0.6) is 11.5 Å². The standard InChI is InChI=1S/C23H25NO2/c1-18-14-23(26-17-20-10-6-3-7-11-20)21(12-13-24)15-22(18)25-16-19-8-4-2-5-9-19/h2-11,14-15H,12-13,16-17,24H2,1H3. The van der Waals surface area contributed by atoms with Crippen LogP contribution in [0.3, 0.4) is 0 Å². The minimum absolute atomic E-state index is 0.544. The average Bonchev–Trinajstić information content (AvgIpc) is 2.68. The van der Waals surface area contributed by atoms with E-state index in [1.54, 1.807) is 0 Å². The van der Waals surface area contributed by atoms with Crippen molar-refractivity contribution in [2.24, 2.45) is 5.73 Å². The molecule has 0 spiro atoms. The fourth-order valence-electron chi connectivity index (χ4n) is 2.82. The molecular weight excluding hydrogens is 322 g/mol. The monoisotopic (exact) mass is 347 g/mol. The molecule has 3 rings (SSSR count). The second-order valence-corrected chi connectivity index (χ2v) is 6.31. The van der Waals surface area contributed by atoms with Gasteiger partial charge in [-0.05, 0) is 54.3 Å². The van der Waals surface area contributed by atoms with Crippen molar-refractivity contribution in [3.8, 4) is 11.5 Å². The SMILES string of the molecule is Cc1cc(OCc2ccccc2)c(CCN)cc1OCc1ccccc1. The summed E-state index contributed by atoms with van der Waals surface area (Å²) in [4.78, 5) is 0. The summed E-state index contributed by atoms with van der Waals surface area (Å²) in [6, 6.07) is 24.5. The highest BCUT2D eigenvalue weighted by Crippen LogP contribution is 2.30. The maximum absolute atomic E-state index is 6.06. The molecule has 0 bridgehead atoms. The molecule has 3 aromatic carbocycles. The fourth-order valence-corrected chi connectivity index (χ4v) is 2.82. The van der Waals surface area contributed by atoms with E-state index < -0.39 is 0 Å². The Morgan fingerprint density at radius 1 is 0.731 bits per heavy atom. The maximum atomic E-state index is 6.06. The largest absolute Gasteiger partial charge is 0.489 e. The van der Waals surface area contributed by atoms with Gasteiger partial charge in [-0.15, -0.1) is 0 Å². The number of rotatable bonds is 8.